The molecule has 0 bridgehead atoms. The summed E-state index contributed by atoms with van der Waals surface area (Å²) in [5, 5.41) is 12.5. The van der Waals surface area contributed by atoms with E-state index < -0.39 is 0 Å². The van der Waals surface area contributed by atoms with Crippen molar-refractivity contribution in [2.75, 3.05) is 12.4 Å². The molecular weight excluding hydrogens is 286 g/mol. The summed E-state index contributed by atoms with van der Waals surface area (Å²) in [4.78, 5) is 14.3. The van der Waals surface area contributed by atoms with Crippen LogP contribution in [-0.4, -0.2) is 23.9 Å². The van der Waals surface area contributed by atoms with E-state index in [9.17, 15) is 10.1 Å². The molecule has 0 aliphatic heterocycles. The van der Waals surface area contributed by atoms with E-state index in [2.05, 4.69) is 5.32 Å². The Morgan fingerprint density at radius 2 is 2.00 bits per heavy atom. The first-order valence-corrected chi connectivity index (χ1v) is 8.24. The summed E-state index contributed by atoms with van der Waals surface area (Å²) in [6.45, 7) is 4.06. The monoisotopic (exact) mass is 311 g/mol. The number of hydrogen-bond acceptors (Lipinski definition) is 3. The summed E-state index contributed by atoms with van der Waals surface area (Å²) in [5.41, 5.74) is 3.37. The molecule has 23 heavy (non-hydrogen) atoms. The van der Waals surface area contributed by atoms with Gasteiger partial charge in [-0.05, 0) is 43.9 Å². The lowest BCUT2D eigenvalue weighted by Crippen LogP contribution is -2.39. The number of rotatable bonds is 4. The smallest absolute Gasteiger partial charge is 0.266 e. The van der Waals surface area contributed by atoms with Crippen molar-refractivity contribution in [1.82, 2.24) is 4.90 Å². The molecule has 1 aliphatic carbocycles. The minimum atomic E-state index is -0.197. The molecule has 0 unspecified atom stereocenters. The van der Waals surface area contributed by atoms with Crippen LogP contribution in [-0.2, 0) is 4.79 Å². The lowest BCUT2D eigenvalue weighted by Gasteiger charge is -2.31. The topological polar surface area (TPSA) is 56.1 Å². The molecular formula is C19H25N3O. The normalized spacial score (nSPS) is 15.8. The predicted molar refractivity (Wildman–Crippen MR) is 92.9 cm³/mol. The number of benzene rings is 1. The van der Waals surface area contributed by atoms with Gasteiger partial charge in [-0.1, -0.05) is 31.4 Å². The van der Waals surface area contributed by atoms with Gasteiger partial charge in [0.25, 0.3) is 5.91 Å². The molecule has 4 nitrogen and oxygen atoms in total. The summed E-state index contributed by atoms with van der Waals surface area (Å²) in [7, 11) is 1.81. The van der Waals surface area contributed by atoms with Gasteiger partial charge < -0.3 is 10.2 Å². The first-order chi connectivity index (χ1) is 11.0. The van der Waals surface area contributed by atoms with Gasteiger partial charge in [-0.25, -0.2) is 0 Å². The third-order valence-corrected chi connectivity index (χ3v) is 4.77. The van der Waals surface area contributed by atoms with Crippen LogP contribution in [0.1, 0.15) is 43.2 Å². The number of likely N-dealkylation sites (N-methyl/N-ethyl adjacent to an activating group) is 1. The third kappa shape index (κ3) is 4.13. The highest BCUT2D eigenvalue weighted by molar-refractivity contribution is 5.97. The number of aryl methyl sites for hydroxylation is 1. The second-order valence-electron chi connectivity index (χ2n) is 6.27. The van der Waals surface area contributed by atoms with Crippen LogP contribution in [0.4, 0.5) is 5.69 Å². The molecule has 2 rings (SSSR count). The van der Waals surface area contributed by atoms with Gasteiger partial charge in [-0.2, -0.15) is 5.26 Å². The fraction of sp³-hybridized carbons (Fsp3) is 0.474. The van der Waals surface area contributed by atoms with Crippen molar-refractivity contribution < 1.29 is 4.79 Å². The predicted octanol–water partition coefficient (Wildman–Crippen LogP) is 3.91. The third-order valence-electron chi connectivity index (χ3n) is 4.77. The van der Waals surface area contributed by atoms with Crippen LogP contribution in [0.15, 0.2) is 30.0 Å². The number of amides is 1. The van der Waals surface area contributed by atoms with Crippen molar-refractivity contribution in [3.63, 3.8) is 0 Å². The van der Waals surface area contributed by atoms with Crippen molar-refractivity contribution in [2.45, 2.75) is 52.0 Å². The maximum Gasteiger partial charge on any atom is 0.266 e. The van der Waals surface area contributed by atoms with E-state index in [-0.39, 0.29) is 17.5 Å². The highest BCUT2D eigenvalue weighted by Crippen LogP contribution is 2.23. The van der Waals surface area contributed by atoms with Crippen molar-refractivity contribution in [3.05, 3.63) is 41.1 Å². The molecule has 0 heterocycles. The van der Waals surface area contributed by atoms with Gasteiger partial charge >= 0.3 is 0 Å². The van der Waals surface area contributed by atoms with Gasteiger partial charge in [0.2, 0.25) is 0 Å². The van der Waals surface area contributed by atoms with Crippen molar-refractivity contribution >= 4 is 11.6 Å². The summed E-state index contributed by atoms with van der Waals surface area (Å²) >= 11 is 0. The number of anilines is 1. The molecule has 1 aliphatic rings. The van der Waals surface area contributed by atoms with Crippen LogP contribution >= 0.6 is 0 Å². The fourth-order valence-corrected chi connectivity index (χ4v) is 3.02. The Morgan fingerprint density at radius 3 is 2.65 bits per heavy atom. The number of carbonyl (C=O) groups is 1. The summed E-state index contributed by atoms with van der Waals surface area (Å²) in [6.07, 6.45) is 7.16. The standard InChI is InChI=1S/C19H25N3O/c1-14-8-7-11-18(15(14)2)21-13-16(12-20)19(23)22(3)17-9-5-4-6-10-17/h7-8,11,13,17,21H,4-6,9-10H2,1-3H3/b16-13-. The maximum atomic E-state index is 12.5. The zero-order chi connectivity index (χ0) is 16.8. The minimum Gasteiger partial charge on any atom is -0.360 e. The molecule has 1 aromatic rings. The Kier molecular flexibility index (Phi) is 5.81. The quantitative estimate of drug-likeness (QED) is 0.677. The van der Waals surface area contributed by atoms with Gasteiger partial charge in [0.15, 0.2) is 0 Å². The molecule has 0 saturated heterocycles. The number of nitrogens with one attached hydrogen (secondary N) is 1. The second kappa shape index (κ2) is 7.82. The number of nitriles is 1. The zero-order valence-electron chi connectivity index (χ0n) is 14.2. The van der Waals surface area contributed by atoms with E-state index in [1.165, 1.54) is 18.2 Å². The van der Waals surface area contributed by atoms with Crippen LogP contribution < -0.4 is 5.32 Å². The largest absolute Gasteiger partial charge is 0.360 e. The van der Waals surface area contributed by atoms with Gasteiger partial charge in [-0.3, -0.25) is 4.79 Å². The van der Waals surface area contributed by atoms with Crippen LogP contribution in [0.5, 0.6) is 0 Å². The maximum absolute atomic E-state index is 12.5. The Morgan fingerprint density at radius 1 is 1.30 bits per heavy atom. The Hall–Kier alpha value is -2.28. The van der Waals surface area contributed by atoms with Crippen molar-refractivity contribution in [2.24, 2.45) is 0 Å². The van der Waals surface area contributed by atoms with Crippen LogP contribution in [0.2, 0.25) is 0 Å². The summed E-state index contributed by atoms with van der Waals surface area (Å²) in [5.74, 6) is -0.197. The lowest BCUT2D eigenvalue weighted by molar-refractivity contribution is -0.128. The Labute approximate surface area is 138 Å². The molecule has 0 aromatic heterocycles. The van der Waals surface area contributed by atoms with Crippen LogP contribution in [0.3, 0.4) is 0 Å². The first-order valence-electron chi connectivity index (χ1n) is 8.24. The minimum absolute atomic E-state index is 0.152. The van der Waals surface area contributed by atoms with Crippen molar-refractivity contribution in [1.29, 1.82) is 5.26 Å². The van der Waals surface area contributed by atoms with E-state index >= 15 is 0 Å². The van der Waals surface area contributed by atoms with E-state index in [1.807, 2.05) is 38.1 Å². The molecule has 1 aromatic carbocycles. The average molecular weight is 311 g/mol. The van der Waals surface area contributed by atoms with Gasteiger partial charge in [0, 0.05) is 25.0 Å². The molecule has 0 atom stereocenters. The highest BCUT2D eigenvalue weighted by Gasteiger charge is 2.24. The molecule has 0 spiro atoms. The second-order valence-corrected chi connectivity index (χ2v) is 6.27. The highest BCUT2D eigenvalue weighted by atomic mass is 16.2. The lowest BCUT2D eigenvalue weighted by atomic mass is 9.94. The van der Waals surface area contributed by atoms with E-state index in [0.29, 0.717) is 0 Å². The fourth-order valence-electron chi connectivity index (χ4n) is 3.02. The molecule has 4 heteroatoms. The molecule has 122 valence electrons. The zero-order valence-corrected chi connectivity index (χ0v) is 14.2. The molecule has 1 fully saturated rings. The van der Waals surface area contributed by atoms with Crippen LogP contribution in [0, 0.1) is 25.2 Å². The SMILES string of the molecule is Cc1cccc(N/C=C(/C#N)C(=O)N(C)C2CCCCC2)c1C. The summed E-state index contributed by atoms with van der Waals surface area (Å²) < 4.78 is 0. The van der Waals surface area contributed by atoms with E-state index in [4.69, 9.17) is 0 Å². The first kappa shape index (κ1) is 17.1. The van der Waals surface area contributed by atoms with E-state index in [0.717, 1.165) is 36.9 Å². The molecule has 1 amide bonds. The van der Waals surface area contributed by atoms with Crippen molar-refractivity contribution in [3.8, 4) is 6.07 Å². The Bertz CT molecular complexity index is 637. The van der Waals surface area contributed by atoms with Gasteiger partial charge in [0.05, 0.1) is 0 Å². The van der Waals surface area contributed by atoms with Gasteiger partial charge in [0.1, 0.15) is 11.6 Å². The van der Waals surface area contributed by atoms with Crippen LogP contribution in [0.25, 0.3) is 0 Å². The number of nitrogens with zero attached hydrogens (tertiary/aromatic N) is 2. The van der Waals surface area contributed by atoms with E-state index in [1.54, 1.807) is 11.9 Å². The number of carbonyl (C=O) groups excluding carboxylic acids is 1. The Balaban J connectivity index is 2.10. The molecule has 0 radical (unpaired) electrons. The molecule has 1 saturated carbocycles. The average Bonchev–Trinajstić information content (AvgIpc) is 2.58. The number of hydrogen-bond donors (Lipinski definition) is 1. The summed E-state index contributed by atoms with van der Waals surface area (Å²) in [6, 6.07) is 8.24. The van der Waals surface area contributed by atoms with Gasteiger partial charge in [-0.15, -0.1) is 0 Å². The molecule has 1 N–H and O–H groups in total.